The lowest BCUT2D eigenvalue weighted by Crippen LogP contribution is -2.39. The Morgan fingerprint density at radius 2 is 1.89 bits per heavy atom. The molecule has 0 radical (unpaired) electrons. The molecule has 4 aromatic rings. The maximum absolute atomic E-state index is 11.7. The first-order chi connectivity index (χ1) is 18.0. The molecular formula is C29H28ClN5O2. The van der Waals surface area contributed by atoms with Crippen LogP contribution in [0.4, 0.5) is 11.6 Å². The maximum Gasteiger partial charge on any atom is 0.262 e. The van der Waals surface area contributed by atoms with Crippen molar-refractivity contribution in [3.63, 3.8) is 0 Å². The average molecular weight is 514 g/mol. The van der Waals surface area contributed by atoms with E-state index < -0.39 is 0 Å². The zero-order valence-electron chi connectivity index (χ0n) is 20.6. The Kier molecular flexibility index (Phi) is 6.40. The Bertz CT molecular complexity index is 1470. The lowest BCUT2D eigenvalue weighted by Gasteiger charge is -2.32. The topological polar surface area (TPSA) is 79.4 Å². The van der Waals surface area contributed by atoms with Crippen molar-refractivity contribution in [3.05, 3.63) is 76.9 Å². The van der Waals surface area contributed by atoms with E-state index in [1.165, 1.54) is 5.56 Å². The molecule has 7 nitrogen and oxygen atoms in total. The van der Waals surface area contributed by atoms with Gasteiger partial charge in [0, 0.05) is 41.6 Å². The minimum Gasteiger partial charge on any atom is -0.481 e. The minimum atomic E-state index is -0.139. The number of nitrogens with one attached hydrogen (secondary N) is 2. The highest BCUT2D eigenvalue weighted by Crippen LogP contribution is 2.39. The molecule has 6 rings (SSSR count). The van der Waals surface area contributed by atoms with Crippen molar-refractivity contribution in [2.45, 2.75) is 32.4 Å². The summed E-state index contributed by atoms with van der Waals surface area (Å²) < 4.78 is 5.75. The van der Waals surface area contributed by atoms with E-state index in [1.807, 2.05) is 49.4 Å². The molecule has 0 saturated carbocycles. The quantitative estimate of drug-likeness (QED) is 0.358. The van der Waals surface area contributed by atoms with Crippen LogP contribution < -0.4 is 15.4 Å². The Hall–Kier alpha value is -3.68. The van der Waals surface area contributed by atoms with Gasteiger partial charge in [-0.25, -0.2) is 9.97 Å². The summed E-state index contributed by atoms with van der Waals surface area (Å²) in [5.74, 6) is 1.23. The molecule has 2 aliphatic rings. The van der Waals surface area contributed by atoms with Gasteiger partial charge in [-0.05, 0) is 61.2 Å². The molecule has 0 aliphatic carbocycles. The number of fused-ring (bicyclic) bond motifs is 2. The molecule has 0 unspecified atom stereocenters. The SMILES string of the molecule is Cc1nc(NC2CCN(Cc3ccc(Cl)cc3)CC2)nc2ccc(-c3cccc4c3OCC(=O)N4)cc12. The van der Waals surface area contributed by atoms with Crippen LogP contribution in [-0.2, 0) is 11.3 Å². The van der Waals surface area contributed by atoms with Gasteiger partial charge in [0.2, 0.25) is 5.95 Å². The maximum atomic E-state index is 11.7. The Morgan fingerprint density at radius 3 is 2.70 bits per heavy atom. The average Bonchev–Trinajstić information content (AvgIpc) is 2.90. The second-order valence-electron chi connectivity index (χ2n) is 9.70. The number of hydrogen-bond donors (Lipinski definition) is 2. The van der Waals surface area contributed by atoms with Gasteiger partial charge in [-0.2, -0.15) is 0 Å². The monoisotopic (exact) mass is 513 g/mol. The van der Waals surface area contributed by atoms with Gasteiger partial charge in [0.05, 0.1) is 16.9 Å². The molecular weight excluding hydrogens is 486 g/mol. The van der Waals surface area contributed by atoms with E-state index in [-0.39, 0.29) is 12.5 Å². The number of para-hydroxylation sites is 1. The first-order valence-electron chi connectivity index (χ1n) is 12.6. The molecule has 3 heterocycles. The molecule has 1 amide bonds. The van der Waals surface area contributed by atoms with Crippen molar-refractivity contribution in [1.82, 2.24) is 14.9 Å². The zero-order valence-corrected chi connectivity index (χ0v) is 21.4. The number of anilines is 2. The number of nitrogens with zero attached hydrogens (tertiary/aromatic N) is 3. The normalized spacial score (nSPS) is 16.2. The fourth-order valence-corrected chi connectivity index (χ4v) is 5.25. The van der Waals surface area contributed by atoms with Crippen molar-refractivity contribution < 1.29 is 9.53 Å². The van der Waals surface area contributed by atoms with E-state index in [4.69, 9.17) is 26.3 Å². The fraction of sp³-hybridized carbons (Fsp3) is 0.276. The highest BCUT2D eigenvalue weighted by Gasteiger charge is 2.22. The molecule has 188 valence electrons. The molecule has 2 N–H and O–H groups in total. The zero-order chi connectivity index (χ0) is 25.4. The predicted octanol–water partition coefficient (Wildman–Crippen LogP) is 5.67. The van der Waals surface area contributed by atoms with Crippen LogP contribution in [0.15, 0.2) is 60.7 Å². The molecule has 8 heteroatoms. The molecule has 37 heavy (non-hydrogen) atoms. The van der Waals surface area contributed by atoms with Crippen molar-refractivity contribution in [3.8, 4) is 16.9 Å². The van der Waals surface area contributed by atoms with Crippen LogP contribution in [-0.4, -0.2) is 46.5 Å². The van der Waals surface area contributed by atoms with Gasteiger partial charge in [0.25, 0.3) is 5.91 Å². The van der Waals surface area contributed by atoms with Gasteiger partial charge in [0.15, 0.2) is 12.4 Å². The highest BCUT2D eigenvalue weighted by molar-refractivity contribution is 6.30. The van der Waals surface area contributed by atoms with Crippen LogP contribution >= 0.6 is 11.6 Å². The lowest BCUT2D eigenvalue weighted by molar-refractivity contribution is -0.118. The van der Waals surface area contributed by atoms with E-state index >= 15 is 0 Å². The number of aromatic nitrogens is 2. The van der Waals surface area contributed by atoms with Crippen LogP contribution in [0.2, 0.25) is 5.02 Å². The van der Waals surface area contributed by atoms with Crippen LogP contribution in [0.3, 0.4) is 0 Å². The molecule has 3 aromatic carbocycles. The Labute approximate surface area is 220 Å². The van der Waals surface area contributed by atoms with Gasteiger partial charge in [-0.15, -0.1) is 0 Å². The van der Waals surface area contributed by atoms with Crippen molar-refractivity contribution in [1.29, 1.82) is 0 Å². The number of piperidine rings is 1. The molecule has 1 saturated heterocycles. The fourth-order valence-electron chi connectivity index (χ4n) is 5.12. The summed E-state index contributed by atoms with van der Waals surface area (Å²) in [5.41, 5.74) is 5.75. The largest absolute Gasteiger partial charge is 0.481 e. The summed E-state index contributed by atoms with van der Waals surface area (Å²) >= 11 is 6.01. The second kappa shape index (κ2) is 10.00. The minimum absolute atomic E-state index is 0.0226. The van der Waals surface area contributed by atoms with Crippen LogP contribution in [0, 0.1) is 6.92 Å². The molecule has 0 spiro atoms. The number of aryl methyl sites for hydroxylation is 1. The third-order valence-electron chi connectivity index (χ3n) is 7.07. The van der Waals surface area contributed by atoms with Gasteiger partial charge >= 0.3 is 0 Å². The van der Waals surface area contributed by atoms with Gasteiger partial charge in [-0.3, -0.25) is 9.69 Å². The Morgan fingerprint density at radius 1 is 1.08 bits per heavy atom. The lowest BCUT2D eigenvalue weighted by atomic mass is 10.0. The first kappa shape index (κ1) is 23.7. The number of hydrogen-bond acceptors (Lipinski definition) is 6. The Balaban J connectivity index is 1.15. The first-order valence-corrected chi connectivity index (χ1v) is 13.0. The van der Waals surface area contributed by atoms with Crippen molar-refractivity contribution >= 4 is 40.0 Å². The van der Waals surface area contributed by atoms with E-state index in [2.05, 4.69) is 33.7 Å². The molecule has 0 atom stereocenters. The third kappa shape index (κ3) is 5.10. The molecule has 0 bridgehead atoms. The molecule has 1 aromatic heterocycles. The highest BCUT2D eigenvalue weighted by atomic mass is 35.5. The number of benzene rings is 3. The summed E-state index contributed by atoms with van der Waals surface area (Å²) in [6.45, 7) is 5.04. The summed E-state index contributed by atoms with van der Waals surface area (Å²) in [4.78, 5) is 23.8. The van der Waals surface area contributed by atoms with Crippen LogP contribution in [0.5, 0.6) is 5.75 Å². The number of amides is 1. The van der Waals surface area contributed by atoms with E-state index in [0.29, 0.717) is 23.4 Å². The number of carbonyl (C=O) groups excluding carboxylic acids is 1. The van der Waals surface area contributed by atoms with Crippen molar-refractivity contribution in [2.75, 3.05) is 30.3 Å². The van der Waals surface area contributed by atoms with E-state index in [1.54, 1.807) is 0 Å². The number of likely N-dealkylation sites (tertiary alicyclic amines) is 1. The number of carbonyl (C=O) groups is 1. The smallest absolute Gasteiger partial charge is 0.262 e. The number of rotatable bonds is 5. The summed E-state index contributed by atoms with van der Waals surface area (Å²) in [6.07, 6.45) is 2.09. The number of ether oxygens (including phenoxy) is 1. The standard InChI is InChI=1S/C29H28ClN5O2/c1-18-24-15-20(23-3-2-4-26-28(23)37-17-27(36)33-26)7-10-25(24)34-29(31-18)32-22-11-13-35(14-12-22)16-19-5-8-21(30)9-6-19/h2-10,15,22H,11-14,16-17H2,1H3,(H,33,36)(H,31,32,34). The van der Waals surface area contributed by atoms with Gasteiger partial charge in [0.1, 0.15) is 0 Å². The molecule has 1 fully saturated rings. The van der Waals surface area contributed by atoms with Crippen molar-refractivity contribution in [2.24, 2.45) is 0 Å². The van der Waals surface area contributed by atoms with E-state index in [0.717, 1.165) is 65.2 Å². The summed E-state index contributed by atoms with van der Waals surface area (Å²) in [5, 5.41) is 8.22. The van der Waals surface area contributed by atoms with Crippen LogP contribution in [0.1, 0.15) is 24.1 Å². The summed E-state index contributed by atoms with van der Waals surface area (Å²) in [6, 6.07) is 20.4. The molecule has 2 aliphatic heterocycles. The van der Waals surface area contributed by atoms with E-state index in [9.17, 15) is 4.79 Å². The second-order valence-corrected chi connectivity index (χ2v) is 10.1. The van der Waals surface area contributed by atoms with Gasteiger partial charge in [-0.1, -0.05) is 41.9 Å². The predicted molar refractivity (Wildman–Crippen MR) is 147 cm³/mol. The summed E-state index contributed by atoms with van der Waals surface area (Å²) in [7, 11) is 0. The number of halogens is 1. The van der Waals surface area contributed by atoms with Crippen LogP contribution in [0.25, 0.3) is 22.0 Å². The van der Waals surface area contributed by atoms with Gasteiger partial charge < -0.3 is 15.4 Å². The third-order valence-corrected chi connectivity index (χ3v) is 7.33.